The van der Waals surface area contributed by atoms with Crippen molar-refractivity contribution in [1.29, 1.82) is 0 Å². The van der Waals surface area contributed by atoms with E-state index in [1.807, 2.05) is 0 Å². The number of allylic oxidation sites excluding steroid dienone is 1. The Bertz CT molecular complexity index is 1390. The van der Waals surface area contributed by atoms with Gasteiger partial charge in [0.1, 0.15) is 28.6 Å². The lowest BCUT2D eigenvalue weighted by Gasteiger charge is -2.50. The third-order valence-electron chi connectivity index (χ3n) is 9.59. The Morgan fingerprint density at radius 2 is 1.86 bits per heavy atom. The highest BCUT2D eigenvalue weighted by Gasteiger charge is 2.63. The molecule has 42 heavy (non-hydrogen) atoms. The van der Waals surface area contributed by atoms with Gasteiger partial charge in [-0.2, -0.15) is 0 Å². The summed E-state index contributed by atoms with van der Waals surface area (Å²) in [6.45, 7) is 2.29. The van der Waals surface area contributed by atoms with Gasteiger partial charge in [0, 0.05) is 35.8 Å². The first-order valence-corrected chi connectivity index (χ1v) is 14.3. The van der Waals surface area contributed by atoms with Crippen LogP contribution in [0.4, 0.5) is 0 Å². The predicted molar refractivity (Wildman–Crippen MR) is 150 cm³/mol. The number of aliphatic hydroxyl groups is 4. The van der Waals surface area contributed by atoms with E-state index in [-0.39, 0.29) is 36.3 Å². The van der Waals surface area contributed by atoms with Gasteiger partial charge in [-0.25, -0.2) is 0 Å². The highest BCUT2D eigenvalue weighted by atomic mass is 16.5. The Hall–Kier alpha value is -3.45. The monoisotopic (exact) mass is 585 g/mol. The van der Waals surface area contributed by atoms with Gasteiger partial charge in [0.2, 0.25) is 5.78 Å². The lowest BCUT2D eigenvalue weighted by atomic mass is 9.58. The van der Waals surface area contributed by atoms with Gasteiger partial charge in [-0.3, -0.25) is 24.2 Å². The second-order valence-corrected chi connectivity index (χ2v) is 12.1. The number of piperidine rings is 1. The van der Waals surface area contributed by atoms with Gasteiger partial charge < -0.3 is 36.0 Å². The van der Waals surface area contributed by atoms with Crippen molar-refractivity contribution in [3.63, 3.8) is 0 Å². The number of amides is 1. The molecule has 0 spiro atoms. The van der Waals surface area contributed by atoms with Gasteiger partial charge in [-0.1, -0.05) is 0 Å². The number of likely N-dealkylation sites (tertiary alicyclic amines) is 1. The first kappa shape index (κ1) is 30.0. The number of aliphatic hydroxyl groups excluding tert-OH is 3. The molecule has 0 radical (unpaired) electrons. The number of carbonyl (C=O) groups excluding carboxylic acids is 3. The molecule has 12 heteroatoms. The summed E-state index contributed by atoms with van der Waals surface area (Å²) in [5.41, 5.74) is 2.78. The Balaban J connectivity index is 1.56. The zero-order valence-electron chi connectivity index (χ0n) is 24.1. The molecule has 228 valence electrons. The number of Topliss-reactive ketones (excluding diaryl/α,β-unsaturated/α-hetero) is 2. The maximum absolute atomic E-state index is 13.9. The van der Waals surface area contributed by atoms with Crippen LogP contribution in [0.5, 0.6) is 11.5 Å². The summed E-state index contributed by atoms with van der Waals surface area (Å²) in [7, 11) is 4.67. The van der Waals surface area contributed by atoms with E-state index in [1.54, 1.807) is 14.1 Å². The molecule has 1 saturated heterocycles. The average molecular weight is 586 g/mol. The number of hydrogen-bond acceptors (Lipinski definition) is 11. The topological polar surface area (TPSA) is 194 Å². The molecule has 0 aromatic heterocycles. The zero-order valence-corrected chi connectivity index (χ0v) is 24.1. The minimum absolute atomic E-state index is 0.0122. The molecule has 4 aliphatic rings. The smallest absolute Gasteiger partial charge is 0.255 e. The standard InChI is InChI=1S/C30H39N3O9/c1-32(2)23-18-11-15-10-17-21(24(36)20(15)27(38)30(18,41)28(39)22(25(23)37)29(31)40)19(35)12-16(26(17)42-3)13-33-7-4-14(5-8-33)6-9-34/h12,14-15,18,23,34-35,37-38,41H,4-11,13H2,1-3H3,(H2,31,40)/t15-,18-,23-,30-/m0/s1. The number of aromatic hydroxyl groups is 1. The van der Waals surface area contributed by atoms with Crippen LogP contribution in [-0.2, 0) is 22.6 Å². The number of benzene rings is 1. The molecular formula is C30H39N3O9. The molecular weight excluding hydrogens is 546 g/mol. The number of likely N-dealkylation sites (N-methyl/N-ethyl adjacent to an activating group) is 1. The van der Waals surface area contributed by atoms with Crippen LogP contribution in [0.15, 0.2) is 28.7 Å². The van der Waals surface area contributed by atoms with Crippen LogP contribution in [0.25, 0.3) is 0 Å². The van der Waals surface area contributed by atoms with Gasteiger partial charge in [0.05, 0.1) is 18.7 Å². The summed E-state index contributed by atoms with van der Waals surface area (Å²) in [4.78, 5) is 43.2. The Labute approximate surface area is 243 Å². The van der Waals surface area contributed by atoms with Crippen molar-refractivity contribution < 1.29 is 44.7 Å². The number of nitrogens with two attached hydrogens (primary N) is 1. The molecule has 0 unspecified atom stereocenters. The largest absolute Gasteiger partial charge is 0.510 e. The van der Waals surface area contributed by atoms with Crippen molar-refractivity contribution >= 4 is 17.5 Å². The maximum Gasteiger partial charge on any atom is 0.255 e. The first-order chi connectivity index (χ1) is 19.9. The summed E-state index contributed by atoms with van der Waals surface area (Å²) in [6, 6.07) is 0.429. The van der Waals surface area contributed by atoms with E-state index in [4.69, 9.17) is 10.5 Å². The Kier molecular flexibility index (Phi) is 7.86. The minimum atomic E-state index is -2.67. The molecule has 3 aliphatic carbocycles. The van der Waals surface area contributed by atoms with E-state index in [2.05, 4.69) is 4.90 Å². The quantitative estimate of drug-likeness (QED) is 0.247. The second-order valence-electron chi connectivity index (χ2n) is 12.1. The number of fused-ring (bicyclic) bond motifs is 3. The van der Waals surface area contributed by atoms with Crippen LogP contribution in [0.3, 0.4) is 0 Å². The van der Waals surface area contributed by atoms with Gasteiger partial charge in [0.15, 0.2) is 11.4 Å². The molecule has 1 aliphatic heterocycles. The highest BCUT2D eigenvalue weighted by Crippen LogP contribution is 2.53. The lowest BCUT2D eigenvalue weighted by Crippen LogP contribution is -2.63. The zero-order chi connectivity index (χ0) is 30.7. The van der Waals surface area contributed by atoms with E-state index in [1.165, 1.54) is 18.1 Å². The van der Waals surface area contributed by atoms with Gasteiger partial charge in [-0.15, -0.1) is 0 Å². The average Bonchev–Trinajstić information content (AvgIpc) is 2.91. The Morgan fingerprint density at radius 1 is 1.19 bits per heavy atom. The van der Waals surface area contributed by atoms with Crippen LogP contribution >= 0.6 is 0 Å². The number of phenols is 1. The highest BCUT2D eigenvalue weighted by molar-refractivity contribution is 6.24. The van der Waals surface area contributed by atoms with Gasteiger partial charge in [0.25, 0.3) is 5.91 Å². The van der Waals surface area contributed by atoms with E-state index >= 15 is 0 Å². The van der Waals surface area contributed by atoms with E-state index in [0.717, 1.165) is 32.4 Å². The minimum Gasteiger partial charge on any atom is -0.510 e. The van der Waals surface area contributed by atoms with E-state index < -0.39 is 58.0 Å². The van der Waals surface area contributed by atoms with Crippen molar-refractivity contribution in [2.24, 2.45) is 23.5 Å². The van der Waals surface area contributed by atoms with Crippen molar-refractivity contribution in [3.05, 3.63) is 45.4 Å². The number of methoxy groups -OCH3 is 1. The van der Waals surface area contributed by atoms with Gasteiger partial charge >= 0.3 is 0 Å². The second kappa shape index (κ2) is 11.0. The van der Waals surface area contributed by atoms with E-state index in [0.29, 0.717) is 29.3 Å². The van der Waals surface area contributed by atoms with Gasteiger partial charge in [-0.05, 0) is 77.2 Å². The number of phenolic OH excluding ortho intramolecular Hbond substituents is 1. The summed E-state index contributed by atoms with van der Waals surface area (Å²) in [5.74, 6) is -5.91. The lowest BCUT2D eigenvalue weighted by molar-refractivity contribution is -0.148. The molecule has 1 amide bonds. The summed E-state index contributed by atoms with van der Waals surface area (Å²) < 4.78 is 5.80. The fourth-order valence-electron chi connectivity index (χ4n) is 7.59. The van der Waals surface area contributed by atoms with Crippen LogP contribution in [0.2, 0.25) is 0 Å². The first-order valence-electron chi connectivity index (χ1n) is 14.3. The maximum atomic E-state index is 13.9. The van der Waals surface area contributed by atoms with Crippen molar-refractivity contribution in [2.75, 3.05) is 40.9 Å². The number of rotatable bonds is 7. The van der Waals surface area contributed by atoms with Crippen LogP contribution < -0.4 is 10.5 Å². The number of ether oxygens (including phenoxy) is 1. The fraction of sp³-hybridized carbons (Fsp3) is 0.567. The summed E-state index contributed by atoms with van der Waals surface area (Å²) >= 11 is 0. The van der Waals surface area contributed by atoms with Crippen LogP contribution in [0, 0.1) is 17.8 Å². The Morgan fingerprint density at radius 3 is 2.43 bits per heavy atom. The normalized spacial score (nSPS) is 28.6. The number of hydrogen-bond donors (Lipinski definition) is 6. The number of nitrogens with zero attached hydrogens (tertiary/aromatic N) is 2. The summed E-state index contributed by atoms with van der Waals surface area (Å²) in [5, 5.41) is 54.4. The molecule has 1 aromatic rings. The predicted octanol–water partition coefficient (Wildman–Crippen LogP) is 0.724. The SMILES string of the molecule is COc1c(CN2CCC(CCO)CC2)cc(O)c2c1C[C@H]1C[C@H]3[C@H](N(C)C)C(O)=C(C(N)=O)C(=O)[C@@]3(O)C(O)=C1C2=O. The molecule has 1 aromatic carbocycles. The summed E-state index contributed by atoms with van der Waals surface area (Å²) in [6.07, 6.45) is 2.85. The van der Waals surface area contributed by atoms with Crippen molar-refractivity contribution in [3.8, 4) is 11.5 Å². The molecule has 0 bridgehead atoms. The molecule has 0 saturated carbocycles. The number of ketones is 2. The molecule has 1 fully saturated rings. The third-order valence-corrected chi connectivity index (χ3v) is 9.59. The van der Waals surface area contributed by atoms with Crippen molar-refractivity contribution in [2.45, 2.75) is 50.3 Å². The van der Waals surface area contributed by atoms with Crippen molar-refractivity contribution in [1.82, 2.24) is 9.80 Å². The van der Waals surface area contributed by atoms with Crippen LogP contribution in [0.1, 0.15) is 47.2 Å². The molecule has 5 rings (SSSR count). The third kappa shape index (κ3) is 4.48. The fourth-order valence-corrected chi connectivity index (χ4v) is 7.59. The molecule has 4 atom stereocenters. The van der Waals surface area contributed by atoms with Crippen LogP contribution in [-0.4, -0.2) is 105 Å². The molecule has 12 nitrogen and oxygen atoms in total. The number of primary amides is 1. The molecule has 1 heterocycles. The number of carbonyl (C=O) groups is 3. The molecule has 7 N–H and O–H groups in total. The van der Waals surface area contributed by atoms with E-state index in [9.17, 15) is 39.9 Å².